The van der Waals surface area contributed by atoms with E-state index in [1.54, 1.807) is 41.4 Å². The van der Waals surface area contributed by atoms with Gasteiger partial charge >= 0.3 is 0 Å². The summed E-state index contributed by atoms with van der Waals surface area (Å²) in [7, 11) is -2.27. The molecule has 0 radical (unpaired) electrons. The van der Waals surface area contributed by atoms with Gasteiger partial charge in [-0.2, -0.15) is 0 Å². The number of nitrogens with zero attached hydrogens (tertiary/aromatic N) is 8. The lowest BCUT2D eigenvalue weighted by Crippen LogP contribution is -2.61. The second kappa shape index (κ2) is 21.1. The molecule has 2 aromatic carbocycles. The molecule has 3 saturated heterocycles. The van der Waals surface area contributed by atoms with E-state index in [4.69, 9.17) is 13.7 Å². The number of anilines is 2. The van der Waals surface area contributed by atoms with Crippen molar-refractivity contribution in [2.75, 3.05) is 56.0 Å². The largest absolute Gasteiger partial charge is 0.507 e. The van der Waals surface area contributed by atoms with Crippen LogP contribution in [0.15, 0.2) is 70.7 Å². The van der Waals surface area contributed by atoms with Crippen molar-refractivity contribution in [1.82, 2.24) is 40.4 Å². The summed E-state index contributed by atoms with van der Waals surface area (Å²) in [5.41, 5.74) is 7.14. The number of carbonyl (C=O) groups excluding carboxylic acids is 3. The molecule has 3 amide bonds. The van der Waals surface area contributed by atoms with Gasteiger partial charge in [-0.05, 0) is 92.1 Å². The van der Waals surface area contributed by atoms with Crippen LogP contribution >= 0.6 is 11.3 Å². The summed E-state index contributed by atoms with van der Waals surface area (Å²) >= 11 is 1.60. The number of rotatable bonds is 14. The van der Waals surface area contributed by atoms with Gasteiger partial charge in [-0.25, -0.2) is 4.98 Å². The van der Waals surface area contributed by atoms with Gasteiger partial charge in [-0.3, -0.25) is 19.3 Å². The van der Waals surface area contributed by atoms with Crippen LogP contribution in [0.3, 0.4) is 0 Å². The van der Waals surface area contributed by atoms with E-state index in [1.807, 2.05) is 68.4 Å². The topological polar surface area (TPSA) is 192 Å². The molecule has 19 heteroatoms. The lowest BCUT2D eigenvalue weighted by atomic mass is 9.91. The first kappa shape index (κ1) is 52.0. The van der Waals surface area contributed by atoms with Crippen molar-refractivity contribution < 1.29 is 33.2 Å². The van der Waals surface area contributed by atoms with Crippen LogP contribution < -0.4 is 20.3 Å². The van der Waals surface area contributed by atoms with E-state index < -0.39 is 26.4 Å². The fraction of sp³-hybridized carbons (Fsp3) is 0.537. The number of amides is 3. The second-order valence-corrected chi connectivity index (χ2v) is 27.8. The third-order valence-corrected chi connectivity index (χ3v) is 21.4. The number of hydrogen-bond acceptors (Lipinski definition) is 15. The number of phenols is 1. The quantitative estimate of drug-likeness (QED) is 0.0901. The maximum atomic E-state index is 14.9. The van der Waals surface area contributed by atoms with Gasteiger partial charge in [0.05, 0.1) is 45.7 Å². The lowest BCUT2D eigenvalue weighted by molar-refractivity contribution is -0.141. The van der Waals surface area contributed by atoms with Gasteiger partial charge in [0.2, 0.25) is 11.8 Å². The highest BCUT2D eigenvalue weighted by Gasteiger charge is 2.48. The van der Waals surface area contributed by atoms with E-state index in [-0.39, 0.29) is 65.0 Å². The van der Waals surface area contributed by atoms with Crippen molar-refractivity contribution in [3.05, 3.63) is 83.2 Å². The first-order valence-corrected chi connectivity index (χ1v) is 29.7. The number of carbonyl (C=O) groups is 3. The molecular formula is C54H72N10O7SSi. The van der Waals surface area contributed by atoms with Crippen LogP contribution in [0.2, 0.25) is 18.1 Å². The fourth-order valence-electron chi connectivity index (χ4n) is 10.7. The molecule has 17 nitrogen and oxygen atoms in total. The minimum absolute atomic E-state index is 0.0658. The molecule has 5 aromatic rings. The molecule has 3 N–H and O–H groups in total. The molecular weight excluding hydrogens is 961 g/mol. The summed E-state index contributed by atoms with van der Waals surface area (Å²) in [6, 6.07) is 18.5. The predicted octanol–water partition coefficient (Wildman–Crippen LogP) is 8.25. The normalized spacial score (nSPS) is 21.0. The van der Waals surface area contributed by atoms with Gasteiger partial charge in [0, 0.05) is 69.9 Å². The van der Waals surface area contributed by atoms with Crippen molar-refractivity contribution >= 4 is 48.9 Å². The maximum Gasteiger partial charge on any atom is 0.263 e. The Kier molecular flexibility index (Phi) is 15.1. The zero-order chi connectivity index (χ0) is 51.9. The number of piperazine rings is 1. The summed E-state index contributed by atoms with van der Waals surface area (Å²) in [6.07, 6.45) is 0.913. The van der Waals surface area contributed by atoms with E-state index >= 15 is 0 Å². The standard InChI is InChI=1S/C54H72N10O7SSi/c1-32(2)48(53(68)64-30-40(71-73(9,10)54(6,7)8)25-44(64)51(66)57-33(3)36-15-17-37(18-16-36)49-34(4)56-31-72-49)46-27-47(60-70-46)69-35(5)52(67)61-21-19-38(20-22-61)62-23-24-63-39(29-62)28-55-50-43(63)26-42(58-59-50)41-13-11-12-14-45(41)65/h11-18,26-27,31-33,35,38-40,44,48,65H,19-25,28-30H2,1-10H3,(H,55,59)(H,57,66)/t33-,35-,39-,40?,44-,48+/m0/s1. The number of thiazole rings is 1. The SMILES string of the molecule is Cc1ncsc1-c1ccc([C@H](C)NC(=O)[C@@H]2CC(O[Si](C)(C)C(C)(C)C)CN2C(=O)[C@@H](c2cc(O[C@@H](C)C(=O)N3CCC(N4CCN5c6cc(-c7ccccc7O)nnc6NC[C@H]5C4)CC3)no2)C(C)C)cc1. The van der Waals surface area contributed by atoms with Crippen LogP contribution in [0.25, 0.3) is 21.7 Å². The number of aromatic hydroxyl groups is 1. The van der Waals surface area contributed by atoms with Gasteiger partial charge in [0.15, 0.2) is 26.0 Å². The van der Waals surface area contributed by atoms with Crippen LogP contribution in [0, 0.1) is 12.8 Å². The van der Waals surface area contributed by atoms with Crippen molar-refractivity contribution in [3.8, 4) is 33.3 Å². The number of benzene rings is 2. The number of aryl methyl sites for hydroxylation is 1. The Hall–Kier alpha value is -5.89. The molecule has 0 aliphatic carbocycles. The number of likely N-dealkylation sites (tertiary alicyclic amines) is 2. The van der Waals surface area contributed by atoms with E-state index in [0.29, 0.717) is 42.6 Å². The smallest absolute Gasteiger partial charge is 0.263 e. The predicted molar refractivity (Wildman–Crippen MR) is 285 cm³/mol. The molecule has 9 rings (SSSR count). The molecule has 0 saturated carbocycles. The Morgan fingerprint density at radius 3 is 2.36 bits per heavy atom. The van der Waals surface area contributed by atoms with Crippen LogP contribution in [-0.4, -0.2) is 142 Å². The van der Waals surface area contributed by atoms with Crippen molar-refractivity contribution in [3.63, 3.8) is 0 Å². The molecule has 0 bridgehead atoms. The molecule has 6 atom stereocenters. The molecule has 73 heavy (non-hydrogen) atoms. The molecule has 3 aromatic heterocycles. The van der Waals surface area contributed by atoms with E-state index in [9.17, 15) is 19.5 Å². The zero-order valence-corrected chi connectivity index (χ0v) is 45.7. The highest BCUT2D eigenvalue weighted by Crippen LogP contribution is 2.41. The van der Waals surface area contributed by atoms with Crippen LogP contribution in [0.1, 0.15) is 96.7 Å². The highest BCUT2D eigenvalue weighted by molar-refractivity contribution is 7.13. The molecule has 4 aliphatic rings. The van der Waals surface area contributed by atoms with Crippen molar-refractivity contribution in [2.45, 2.75) is 135 Å². The number of ether oxygens (including phenoxy) is 1. The number of fused-ring (bicyclic) bond motifs is 3. The first-order chi connectivity index (χ1) is 34.8. The second-order valence-electron chi connectivity index (χ2n) is 22.2. The third kappa shape index (κ3) is 11.0. The molecule has 0 spiro atoms. The average Bonchev–Trinajstić information content (AvgIpc) is 4.13. The van der Waals surface area contributed by atoms with E-state index in [1.165, 1.54) is 0 Å². The van der Waals surface area contributed by atoms with Crippen LogP contribution in [0.5, 0.6) is 11.6 Å². The summed E-state index contributed by atoms with van der Waals surface area (Å²) < 4.78 is 18.9. The zero-order valence-electron chi connectivity index (χ0n) is 43.9. The number of nitrogens with one attached hydrogen (secondary N) is 2. The van der Waals surface area contributed by atoms with E-state index in [0.717, 1.165) is 72.2 Å². The van der Waals surface area contributed by atoms with Gasteiger partial charge in [-0.1, -0.05) is 71.0 Å². The summed E-state index contributed by atoms with van der Waals surface area (Å²) in [6.45, 7) is 25.4. The van der Waals surface area contributed by atoms with Crippen molar-refractivity contribution in [1.29, 1.82) is 0 Å². The Morgan fingerprint density at radius 1 is 0.932 bits per heavy atom. The van der Waals surface area contributed by atoms with Crippen LogP contribution in [0.4, 0.5) is 11.5 Å². The summed E-state index contributed by atoms with van der Waals surface area (Å²) in [5.74, 6) is -0.232. The molecule has 3 fully saturated rings. The average molecular weight is 1030 g/mol. The number of hydrogen-bond donors (Lipinski definition) is 3. The number of aromatic nitrogens is 4. The number of para-hydroxylation sites is 1. The highest BCUT2D eigenvalue weighted by atomic mass is 32.1. The van der Waals surface area contributed by atoms with Gasteiger partial charge in [0.1, 0.15) is 17.7 Å². The summed E-state index contributed by atoms with van der Waals surface area (Å²) in [5, 5.41) is 30.2. The van der Waals surface area contributed by atoms with Crippen molar-refractivity contribution in [2.24, 2.45) is 5.92 Å². The minimum atomic E-state index is -2.27. The Bertz CT molecular complexity index is 2770. The molecule has 390 valence electrons. The first-order valence-electron chi connectivity index (χ1n) is 25.9. The molecule has 7 heterocycles. The Morgan fingerprint density at radius 2 is 1.67 bits per heavy atom. The maximum absolute atomic E-state index is 14.9. The Balaban J connectivity index is 0.812. The minimum Gasteiger partial charge on any atom is -0.507 e. The summed E-state index contributed by atoms with van der Waals surface area (Å²) in [4.78, 5) is 57.2. The van der Waals surface area contributed by atoms with Gasteiger partial charge in [-0.15, -0.1) is 21.5 Å². The van der Waals surface area contributed by atoms with Crippen LogP contribution in [-0.2, 0) is 18.8 Å². The number of phenolic OH excluding ortho intramolecular Hbond substituents is 1. The van der Waals surface area contributed by atoms with Gasteiger partial charge < -0.3 is 44.1 Å². The van der Waals surface area contributed by atoms with Gasteiger partial charge in [0.25, 0.3) is 11.8 Å². The monoisotopic (exact) mass is 1030 g/mol. The molecule has 4 aliphatic heterocycles. The fourth-order valence-corrected chi connectivity index (χ4v) is 12.8. The molecule has 1 unspecified atom stereocenters. The number of piperidine rings is 1. The van der Waals surface area contributed by atoms with E-state index in [2.05, 4.69) is 86.8 Å². The lowest BCUT2D eigenvalue weighted by Gasteiger charge is -2.49. The third-order valence-electron chi connectivity index (χ3n) is 15.9. The Labute approximate surface area is 434 Å².